The Labute approximate surface area is 97.5 Å². The lowest BCUT2D eigenvalue weighted by Gasteiger charge is -2.01. The van der Waals surface area contributed by atoms with E-state index in [1.165, 1.54) is 11.1 Å². The Morgan fingerprint density at radius 2 is 1.60 bits per heavy atom. The minimum absolute atomic E-state index is 0.634. The molecule has 3 heteroatoms. The number of benzene rings is 1. The van der Waals surface area contributed by atoms with Gasteiger partial charge in [0.05, 0.1) is 0 Å². The molecule has 0 unspecified atom stereocenters. The molecule has 1 aromatic heterocycles. The highest BCUT2D eigenvalue weighted by Gasteiger charge is 1.97. The van der Waals surface area contributed by atoms with Gasteiger partial charge in [-0.15, -0.1) is 0 Å². The Bertz CT molecular complexity index is 391. The highest BCUT2D eigenvalue weighted by atomic mass is 79.9. The molecule has 0 amide bonds. The second kappa shape index (κ2) is 4.53. The van der Waals surface area contributed by atoms with Gasteiger partial charge < -0.3 is 0 Å². The Hall–Kier alpha value is -1.22. The molecular weight excluding hydrogens is 252 g/mol. The van der Waals surface area contributed by atoms with Crippen molar-refractivity contribution in [2.45, 2.75) is 13.3 Å². The summed E-state index contributed by atoms with van der Waals surface area (Å²) in [5, 5.41) is 0. The summed E-state index contributed by atoms with van der Waals surface area (Å²) in [6.07, 6.45) is 4.57. The fourth-order valence-corrected chi connectivity index (χ4v) is 1.58. The number of hydrogen-bond acceptors (Lipinski definition) is 2. The first-order chi connectivity index (χ1) is 7.24. The van der Waals surface area contributed by atoms with Gasteiger partial charge in [-0.2, -0.15) is 0 Å². The van der Waals surface area contributed by atoms with Gasteiger partial charge in [0.1, 0.15) is 0 Å². The van der Waals surface area contributed by atoms with Crippen LogP contribution in [0, 0.1) is 6.92 Å². The first-order valence-corrected chi connectivity index (χ1v) is 5.55. The fraction of sp³-hybridized carbons (Fsp3) is 0.167. The third-order valence-electron chi connectivity index (χ3n) is 2.20. The summed E-state index contributed by atoms with van der Waals surface area (Å²) in [5.74, 6) is 0. The summed E-state index contributed by atoms with van der Waals surface area (Å²) in [6, 6.07) is 8.51. The summed E-state index contributed by atoms with van der Waals surface area (Å²) in [4.78, 5) is 8.20. The number of nitrogens with zero attached hydrogens (tertiary/aromatic N) is 2. The third-order valence-corrected chi connectivity index (χ3v) is 2.61. The predicted octanol–water partition coefficient (Wildman–Crippen LogP) is 3.14. The smallest absolute Gasteiger partial charge is 0.196 e. The van der Waals surface area contributed by atoms with Crippen molar-refractivity contribution in [3.8, 4) is 0 Å². The molecule has 0 fully saturated rings. The van der Waals surface area contributed by atoms with Crippen LogP contribution in [0.5, 0.6) is 0 Å². The Morgan fingerprint density at radius 1 is 1.00 bits per heavy atom. The fourth-order valence-electron chi connectivity index (χ4n) is 1.37. The second-order valence-electron chi connectivity index (χ2n) is 3.52. The van der Waals surface area contributed by atoms with E-state index in [4.69, 9.17) is 0 Å². The van der Waals surface area contributed by atoms with Gasteiger partial charge in [-0.3, -0.25) is 0 Å². The van der Waals surface area contributed by atoms with Crippen LogP contribution in [0.4, 0.5) is 0 Å². The van der Waals surface area contributed by atoms with Gasteiger partial charge >= 0.3 is 0 Å². The number of hydrogen-bond donors (Lipinski definition) is 0. The molecule has 2 rings (SSSR count). The summed E-state index contributed by atoms with van der Waals surface area (Å²) < 4.78 is 0.634. The zero-order valence-corrected chi connectivity index (χ0v) is 10.0. The van der Waals surface area contributed by atoms with Crippen LogP contribution in [0.25, 0.3) is 0 Å². The topological polar surface area (TPSA) is 25.8 Å². The van der Waals surface area contributed by atoms with Gasteiger partial charge in [0.15, 0.2) is 4.73 Å². The first kappa shape index (κ1) is 10.3. The zero-order valence-electron chi connectivity index (χ0n) is 8.44. The number of rotatable bonds is 2. The van der Waals surface area contributed by atoms with Crippen LogP contribution >= 0.6 is 15.9 Å². The molecule has 0 atom stereocenters. The van der Waals surface area contributed by atoms with Crippen molar-refractivity contribution in [1.29, 1.82) is 0 Å². The van der Waals surface area contributed by atoms with Crippen molar-refractivity contribution in [3.05, 3.63) is 58.1 Å². The van der Waals surface area contributed by atoms with E-state index in [0.29, 0.717) is 4.73 Å². The van der Waals surface area contributed by atoms with E-state index in [0.717, 1.165) is 12.0 Å². The normalized spacial score (nSPS) is 10.3. The Kier molecular flexibility index (Phi) is 3.11. The zero-order chi connectivity index (χ0) is 10.7. The molecule has 0 spiro atoms. The van der Waals surface area contributed by atoms with Crippen molar-refractivity contribution >= 4 is 15.9 Å². The molecule has 2 nitrogen and oxygen atoms in total. The molecule has 1 heterocycles. The molecule has 0 saturated carbocycles. The average molecular weight is 263 g/mol. The largest absolute Gasteiger partial charge is 0.230 e. The molecule has 15 heavy (non-hydrogen) atoms. The average Bonchev–Trinajstić information content (AvgIpc) is 2.25. The van der Waals surface area contributed by atoms with Gasteiger partial charge in [-0.25, -0.2) is 9.97 Å². The SMILES string of the molecule is Cc1ccc(Cc2cnc(Br)nc2)cc1. The van der Waals surface area contributed by atoms with Crippen LogP contribution in [0.15, 0.2) is 41.4 Å². The van der Waals surface area contributed by atoms with Gasteiger partial charge in [0, 0.05) is 18.8 Å². The lowest BCUT2D eigenvalue weighted by Crippen LogP contribution is -1.91. The van der Waals surface area contributed by atoms with E-state index in [9.17, 15) is 0 Å². The molecule has 0 aliphatic rings. The molecule has 76 valence electrons. The van der Waals surface area contributed by atoms with E-state index in [2.05, 4.69) is 57.1 Å². The van der Waals surface area contributed by atoms with Crippen molar-refractivity contribution in [2.24, 2.45) is 0 Å². The minimum atomic E-state index is 0.634. The van der Waals surface area contributed by atoms with E-state index < -0.39 is 0 Å². The van der Waals surface area contributed by atoms with Gasteiger partial charge in [0.2, 0.25) is 0 Å². The number of aryl methyl sites for hydroxylation is 1. The minimum Gasteiger partial charge on any atom is -0.230 e. The first-order valence-electron chi connectivity index (χ1n) is 4.76. The Balaban J connectivity index is 2.15. The van der Waals surface area contributed by atoms with Crippen molar-refractivity contribution in [2.75, 3.05) is 0 Å². The summed E-state index contributed by atoms with van der Waals surface area (Å²) in [6.45, 7) is 2.09. The maximum absolute atomic E-state index is 4.10. The van der Waals surface area contributed by atoms with E-state index in [1.807, 2.05) is 12.4 Å². The van der Waals surface area contributed by atoms with Gasteiger partial charge in [0.25, 0.3) is 0 Å². The van der Waals surface area contributed by atoms with Crippen molar-refractivity contribution in [1.82, 2.24) is 9.97 Å². The monoisotopic (exact) mass is 262 g/mol. The molecular formula is C12H11BrN2. The lowest BCUT2D eigenvalue weighted by atomic mass is 10.1. The molecule has 2 aromatic rings. The van der Waals surface area contributed by atoms with E-state index >= 15 is 0 Å². The molecule has 0 N–H and O–H groups in total. The maximum Gasteiger partial charge on any atom is 0.196 e. The summed E-state index contributed by atoms with van der Waals surface area (Å²) in [5.41, 5.74) is 3.69. The van der Waals surface area contributed by atoms with E-state index in [-0.39, 0.29) is 0 Å². The van der Waals surface area contributed by atoms with Crippen molar-refractivity contribution < 1.29 is 0 Å². The summed E-state index contributed by atoms with van der Waals surface area (Å²) >= 11 is 3.22. The quantitative estimate of drug-likeness (QED) is 0.778. The maximum atomic E-state index is 4.10. The predicted molar refractivity (Wildman–Crippen MR) is 63.7 cm³/mol. The highest BCUT2D eigenvalue weighted by molar-refractivity contribution is 9.10. The van der Waals surface area contributed by atoms with Gasteiger partial charge in [-0.05, 0) is 34.0 Å². The van der Waals surface area contributed by atoms with Crippen LogP contribution in [0.1, 0.15) is 16.7 Å². The number of aromatic nitrogens is 2. The van der Waals surface area contributed by atoms with Crippen LogP contribution in [0.2, 0.25) is 0 Å². The van der Waals surface area contributed by atoms with Crippen molar-refractivity contribution in [3.63, 3.8) is 0 Å². The lowest BCUT2D eigenvalue weighted by molar-refractivity contribution is 1.04. The van der Waals surface area contributed by atoms with E-state index in [1.54, 1.807) is 0 Å². The molecule has 1 aromatic carbocycles. The standard InChI is InChI=1S/C12H11BrN2/c1-9-2-4-10(5-3-9)6-11-7-14-12(13)15-8-11/h2-5,7-8H,6H2,1H3. The number of halogens is 1. The van der Waals surface area contributed by atoms with Gasteiger partial charge in [-0.1, -0.05) is 29.8 Å². The molecule has 0 radical (unpaired) electrons. The highest BCUT2D eigenvalue weighted by Crippen LogP contribution is 2.10. The second-order valence-corrected chi connectivity index (χ2v) is 4.23. The van der Waals surface area contributed by atoms with Crippen LogP contribution in [-0.4, -0.2) is 9.97 Å². The Morgan fingerprint density at radius 3 is 2.20 bits per heavy atom. The third kappa shape index (κ3) is 2.86. The van der Waals surface area contributed by atoms with Crippen LogP contribution < -0.4 is 0 Å². The molecule has 0 saturated heterocycles. The molecule has 0 aliphatic heterocycles. The summed E-state index contributed by atoms with van der Waals surface area (Å²) in [7, 11) is 0. The van der Waals surface area contributed by atoms with Crippen LogP contribution in [0.3, 0.4) is 0 Å². The van der Waals surface area contributed by atoms with Crippen LogP contribution in [-0.2, 0) is 6.42 Å². The molecule has 0 aliphatic carbocycles. The molecule has 0 bridgehead atoms.